The van der Waals surface area contributed by atoms with Crippen molar-refractivity contribution in [3.63, 3.8) is 0 Å². The van der Waals surface area contributed by atoms with Gasteiger partial charge in [-0.3, -0.25) is 22.7 Å². The Hall–Kier alpha value is -2.53. The molecule has 0 aromatic carbocycles. The van der Waals surface area contributed by atoms with Crippen LogP contribution in [-0.4, -0.2) is 119 Å². The van der Waals surface area contributed by atoms with Crippen molar-refractivity contribution in [2.75, 3.05) is 36.9 Å². The zero-order valence-electron chi connectivity index (χ0n) is 24.8. The number of fused-ring (bicyclic) bond motifs is 8. The molecule has 4 aromatic rings. The highest BCUT2D eigenvalue weighted by atomic mass is 32.7. The van der Waals surface area contributed by atoms with Gasteiger partial charge in [0.15, 0.2) is 58.8 Å². The van der Waals surface area contributed by atoms with E-state index in [1.54, 1.807) is 0 Å². The molecule has 19 nitrogen and oxygen atoms in total. The molecule has 0 aliphatic carbocycles. The van der Waals surface area contributed by atoms with Crippen molar-refractivity contribution in [1.82, 2.24) is 44.4 Å². The fourth-order valence-corrected chi connectivity index (χ4v) is 9.35. The smallest absolute Gasteiger partial charge is 0.366 e. The Morgan fingerprint density at radius 3 is 1.88 bits per heavy atom. The third-order valence-electron chi connectivity index (χ3n) is 8.90. The van der Waals surface area contributed by atoms with E-state index in [2.05, 4.69) is 58.1 Å². The highest BCUT2D eigenvalue weighted by Gasteiger charge is 2.54. The van der Waals surface area contributed by atoms with Crippen LogP contribution in [0.3, 0.4) is 0 Å². The Kier molecular flexibility index (Phi) is 7.95. The third kappa shape index (κ3) is 5.82. The summed E-state index contributed by atoms with van der Waals surface area (Å²) >= 11 is 9.30. The molecule has 0 amide bonds. The highest BCUT2D eigenvalue weighted by Crippen LogP contribution is 2.58. The first-order valence-electron chi connectivity index (χ1n) is 15.0. The zero-order valence-corrected chi connectivity index (χ0v) is 28.3. The fraction of sp³-hybridized carbons (Fsp3) is 0.583. The Balaban J connectivity index is 1.12. The first-order valence-corrected chi connectivity index (χ1v) is 20.3. The molecule has 4 fully saturated rings. The van der Waals surface area contributed by atoms with Gasteiger partial charge in [0.2, 0.25) is 0 Å². The number of ether oxygens (including phenoxy) is 2. The van der Waals surface area contributed by atoms with Crippen LogP contribution in [0.25, 0.3) is 22.3 Å². The van der Waals surface area contributed by atoms with E-state index < -0.39 is 75.9 Å². The number of anilines is 2. The van der Waals surface area contributed by atoms with Gasteiger partial charge in [-0.2, -0.15) is 0 Å². The molecular weight excluding hydrogens is 734 g/mol. The molecule has 0 spiro atoms. The summed E-state index contributed by atoms with van der Waals surface area (Å²) in [4.78, 5) is 37.1. The van der Waals surface area contributed by atoms with Gasteiger partial charge in [0.05, 0.1) is 25.9 Å². The third-order valence-corrected chi connectivity index (χ3v) is 12.1. The average molecular weight is 762 g/mol. The second-order valence-corrected chi connectivity index (χ2v) is 17.6. The van der Waals surface area contributed by atoms with Gasteiger partial charge in [-0.05, 0) is 11.8 Å². The molecule has 0 radical (unpaired) electrons. The van der Waals surface area contributed by atoms with E-state index in [0.29, 0.717) is 35.8 Å². The summed E-state index contributed by atoms with van der Waals surface area (Å²) < 4.78 is 83.1. The predicted octanol–water partition coefficient (Wildman–Crippen LogP) is 1.39. The number of aromatic nitrogens is 8. The van der Waals surface area contributed by atoms with E-state index >= 15 is 8.78 Å². The molecule has 49 heavy (non-hydrogen) atoms. The predicted molar refractivity (Wildman–Crippen MR) is 171 cm³/mol. The average Bonchev–Trinajstić information content (AvgIpc) is 3.34. The van der Waals surface area contributed by atoms with Gasteiger partial charge in [-0.1, -0.05) is 12.2 Å². The second kappa shape index (κ2) is 12.0. The summed E-state index contributed by atoms with van der Waals surface area (Å²) in [6.45, 7) is -8.87. The summed E-state index contributed by atoms with van der Waals surface area (Å²) in [7, 11) is 0. The lowest BCUT2D eigenvalue weighted by molar-refractivity contribution is -0.0564. The molecule has 14 bridgehead atoms. The first kappa shape index (κ1) is 32.4. The molecule has 4 aromatic heterocycles. The van der Waals surface area contributed by atoms with E-state index in [-0.39, 0.29) is 23.4 Å². The summed E-state index contributed by atoms with van der Waals surface area (Å²) in [6, 6.07) is 0.131. The van der Waals surface area contributed by atoms with Crippen molar-refractivity contribution in [3.05, 3.63) is 25.3 Å². The lowest BCUT2D eigenvalue weighted by atomic mass is 10.1. The van der Waals surface area contributed by atoms with Gasteiger partial charge < -0.3 is 34.8 Å². The molecule has 4 saturated heterocycles. The highest BCUT2D eigenvalue weighted by molar-refractivity contribution is 8.44. The van der Waals surface area contributed by atoms with Crippen LogP contribution in [-0.2, 0) is 43.9 Å². The largest absolute Gasteiger partial charge is 0.386 e. The van der Waals surface area contributed by atoms with E-state index in [1.807, 2.05) is 0 Å². The van der Waals surface area contributed by atoms with E-state index in [0.717, 1.165) is 0 Å². The molecule has 10 rings (SSSR count). The monoisotopic (exact) mass is 761 g/mol. The number of hydrogen-bond acceptors (Lipinski definition) is 17. The van der Waals surface area contributed by atoms with Crippen LogP contribution in [0.2, 0.25) is 0 Å². The molecule has 12 atom stereocenters. The van der Waals surface area contributed by atoms with E-state index in [9.17, 15) is 9.46 Å². The van der Waals surface area contributed by atoms with Crippen molar-refractivity contribution in [3.8, 4) is 0 Å². The van der Waals surface area contributed by atoms with Gasteiger partial charge in [-0.15, -0.1) is 0 Å². The number of imidazole rings is 2. The zero-order chi connectivity index (χ0) is 33.7. The van der Waals surface area contributed by atoms with Crippen molar-refractivity contribution in [1.29, 1.82) is 0 Å². The van der Waals surface area contributed by atoms with Crippen molar-refractivity contribution < 1.29 is 45.8 Å². The molecule has 8 unspecified atom stereocenters. The topological polar surface area (TPSA) is 226 Å². The number of alkyl halides is 2. The molecule has 10 heterocycles. The minimum absolute atomic E-state index is 0.0655. The summed E-state index contributed by atoms with van der Waals surface area (Å²) in [5, 5.41) is 9.90. The van der Waals surface area contributed by atoms with Gasteiger partial charge in [0.1, 0.15) is 37.1 Å². The second-order valence-electron chi connectivity index (χ2n) is 11.9. The van der Waals surface area contributed by atoms with Crippen LogP contribution >= 0.6 is 25.8 Å². The number of hydrogen-bond donors (Lipinski definition) is 5. The lowest BCUT2D eigenvalue weighted by Gasteiger charge is -2.29. The normalized spacial score (nSPS) is 40.8. The SMILES string of the molecule is O=P1(S)OCC2OC3[C@H](F)[C@@H]2OP(O)(=S)OCC2OC([C@H](F)[C@@H]2O1)n1cnc2c(ncnc21)NCC1NC1CNc1ncnc2c1ncn23. The minimum Gasteiger partial charge on any atom is -0.366 e. The lowest BCUT2D eigenvalue weighted by Crippen LogP contribution is -2.37. The van der Waals surface area contributed by atoms with Crippen LogP contribution in [0.5, 0.6) is 0 Å². The number of nitrogens with zero attached hydrogens (tertiary/aromatic N) is 8. The molecule has 0 saturated carbocycles. The van der Waals surface area contributed by atoms with E-state index in [1.165, 1.54) is 34.4 Å². The fourth-order valence-electron chi connectivity index (χ4n) is 6.43. The number of rotatable bonds is 0. The van der Waals surface area contributed by atoms with Crippen LogP contribution < -0.4 is 16.0 Å². The van der Waals surface area contributed by atoms with Crippen LogP contribution in [0.4, 0.5) is 20.4 Å². The van der Waals surface area contributed by atoms with Gasteiger partial charge in [0, 0.05) is 25.2 Å². The standard InChI is InChI=1S/C24H27F2N11O8P2S2/c25-13-17-11-3-40-47(39,49)45-18-12(4-41-46(38,48)44-17)43-24(14(18)26)37-8-34-16-20(30-6-32-22(16)37)28-2-10-9(35-10)1-27-19-15-21(31-5-29-19)36(7-33-15)23(13)42-11/h5-14,17-18,23-24,35H,1-4H2,(H,38,48)(H,39,49)(H,27,29,31)(H,28,30,32)/t9?,10?,11?,12?,13-,14-,17-,18-,23?,24?,46?,47?/m1/s1. The quantitative estimate of drug-likeness (QED) is 0.0969. The molecule has 4 N–H and O–H groups in total. The molecule has 25 heteroatoms. The minimum atomic E-state index is -4.38. The Labute approximate surface area is 284 Å². The van der Waals surface area contributed by atoms with Crippen LogP contribution in [0.15, 0.2) is 25.3 Å². The summed E-state index contributed by atoms with van der Waals surface area (Å²) in [6.07, 6.45) is -7.31. The number of nitrogens with one attached hydrogen (secondary N) is 3. The summed E-state index contributed by atoms with van der Waals surface area (Å²) in [5.41, 5.74) is 1.17. The molecule has 6 aliphatic rings. The molecule has 262 valence electrons. The Bertz CT molecular complexity index is 1890. The summed E-state index contributed by atoms with van der Waals surface area (Å²) in [5.74, 6) is 0.823. The van der Waals surface area contributed by atoms with Crippen molar-refractivity contribution in [2.45, 2.75) is 61.3 Å². The number of halogens is 2. The van der Waals surface area contributed by atoms with Crippen LogP contribution in [0, 0.1) is 0 Å². The number of thiol groups is 1. The van der Waals surface area contributed by atoms with Crippen molar-refractivity contribution >= 4 is 71.5 Å². The molecule has 6 aliphatic heterocycles. The van der Waals surface area contributed by atoms with Gasteiger partial charge in [-0.25, -0.2) is 43.2 Å². The first-order chi connectivity index (χ1) is 23.6. The Morgan fingerprint density at radius 1 is 0.816 bits per heavy atom. The van der Waals surface area contributed by atoms with E-state index in [4.69, 9.17) is 39.4 Å². The maximum Gasteiger partial charge on any atom is 0.386 e. The van der Waals surface area contributed by atoms with Gasteiger partial charge in [0.25, 0.3) is 0 Å². The molecular formula is C24H27F2N11O8P2S2. The maximum atomic E-state index is 16.3. The van der Waals surface area contributed by atoms with Crippen molar-refractivity contribution in [2.24, 2.45) is 0 Å². The maximum absolute atomic E-state index is 16.3. The van der Waals surface area contributed by atoms with Gasteiger partial charge >= 0.3 is 13.5 Å². The van der Waals surface area contributed by atoms with Crippen LogP contribution in [0.1, 0.15) is 12.5 Å². The Morgan fingerprint density at radius 2 is 1.33 bits per heavy atom.